The van der Waals surface area contributed by atoms with Crippen molar-refractivity contribution in [2.45, 2.75) is 19.3 Å². The van der Waals surface area contributed by atoms with E-state index in [4.69, 9.17) is 14.7 Å². The summed E-state index contributed by atoms with van der Waals surface area (Å²) >= 11 is 0. The van der Waals surface area contributed by atoms with E-state index in [2.05, 4.69) is 20.6 Å². The summed E-state index contributed by atoms with van der Waals surface area (Å²) in [5, 5.41) is 14.4. The topological polar surface area (TPSA) is 91.6 Å². The molecule has 1 aromatic heterocycles. The first kappa shape index (κ1) is 19.1. The van der Waals surface area contributed by atoms with Crippen LogP contribution in [0.15, 0.2) is 53.8 Å². The third kappa shape index (κ3) is 6.69. The first-order valence-corrected chi connectivity index (χ1v) is 8.46. The fourth-order valence-corrected chi connectivity index (χ4v) is 2.24. The quantitative estimate of drug-likeness (QED) is 0.236. The van der Waals surface area contributed by atoms with Gasteiger partial charge in [-0.25, -0.2) is 0 Å². The van der Waals surface area contributed by atoms with E-state index in [1.54, 1.807) is 19.5 Å². The van der Waals surface area contributed by atoms with Gasteiger partial charge < -0.3 is 14.8 Å². The number of pyridine rings is 1. The van der Waals surface area contributed by atoms with Gasteiger partial charge in [-0.1, -0.05) is 12.1 Å². The largest absolute Gasteiger partial charge is 0.493 e. The predicted octanol–water partition coefficient (Wildman–Crippen LogP) is 3.18. The number of rotatable bonds is 9. The highest BCUT2D eigenvalue weighted by Crippen LogP contribution is 2.25. The fourth-order valence-electron chi connectivity index (χ4n) is 2.24. The Balaban J connectivity index is 1.67. The van der Waals surface area contributed by atoms with Gasteiger partial charge in [0, 0.05) is 24.6 Å². The highest BCUT2D eigenvalue weighted by Gasteiger charge is 2.02. The number of para-hydroxylation sites is 2. The molecule has 2 rings (SSSR count). The molecular formula is C19H23N5O2. The molecule has 0 unspecified atom stereocenters. The normalized spacial score (nSPS) is 10.7. The zero-order valence-electron chi connectivity index (χ0n) is 14.8. The Hall–Kier alpha value is -3.27. The van der Waals surface area contributed by atoms with Crippen LogP contribution in [0.3, 0.4) is 0 Å². The number of hydrogen-bond acceptors (Lipinski definition) is 5. The maximum absolute atomic E-state index is 8.82. The third-order valence-corrected chi connectivity index (χ3v) is 3.52. The smallest absolute Gasteiger partial charge is 0.209 e. The summed E-state index contributed by atoms with van der Waals surface area (Å²) in [7, 11) is 1.63. The van der Waals surface area contributed by atoms with Gasteiger partial charge in [0.25, 0.3) is 0 Å². The van der Waals surface area contributed by atoms with Gasteiger partial charge in [-0.05, 0) is 43.5 Å². The number of ether oxygens (including phenoxy) is 2. The van der Waals surface area contributed by atoms with Crippen LogP contribution in [-0.4, -0.2) is 31.2 Å². The lowest BCUT2D eigenvalue weighted by Gasteiger charge is -2.10. The van der Waals surface area contributed by atoms with Gasteiger partial charge in [0.15, 0.2) is 17.7 Å². The standard InChI is InChI=1S/C19H23N5O2/c1-25-17-7-3-4-8-18(17)26-14-6-2-5-11-22-19(23-15-20)24-16-9-12-21-13-10-16/h3-4,7-10,12-13H,2,5-6,11,14H2,1H3,(H2,21,22,23,24). The van der Waals surface area contributed by atoms with Gasteiger partial charge in [-0.3, -0.25) is 15.3 Å². The molecule has 26 heavy (non-hydrogen) atoms. The van der Waals surface area contributed by atoms with E-state index < -0.39 is 0 Å². The average molecular weight is 353 g/mol. The Morgan fingerprint density at radius 2 is 1.88 bits per heavy atom. The number of benzene rings is 1. The maximum atomic E-state index is 8.82. The molecule has 2 N–H and O–H groups in total. The first-order chi connectivity index (χ1) is 12.8. The van der Waals surface area contributed by atoms with E-state index >= 15 is 0 Å². The molecule has 7 heteroatoms. The Bertz CT molecular complexity index is 728. The molecule has 0 amide bonds. The van der Waals surface area contributed by atoms with Crippen molar-refractivity contribution < 1.29 is 9.47 Å². The zero-order chi connectivity index (χ0) is 18.5. The van der Waals surface area contributed by atoms with E-state index in [0.717, 1.165) is 36.4 Å². The van der Waals surface area contributed by atoms with Crippen LogP contribution in [0.2, 0.25) is 0 Å². The number of nitriles is 1. The van der Waals surface area contributed by atoms with Crippen LogP contribution in [0.5, 0.6) is 11.5 Å². The number of methoxy groups -OCH3 is 1. The summed E-state index contributed by atoms with van der Waals surface area (Å²) in [6, 6.07) is 11.2. The molecule has 2 aromatic rings. The van der Waals surface area contributed by atoms with Crippen molar-refractivity contribution >= 4 is 11.6 Å². The molecule has 0 atom stereocenters. The lowest BCUT2D eigenvalue weighted by Crippen LogP contribution is -2.27. The summed E-state index contributed by atoms with van der Waals surface area (Å²) < 4.78 is 11.0. The molecule has 0 aliphatic heterocycles. The van der Waals surface area contributed by atoms with Crippen molar-refractivity contribution in [3.05, 3.63) is 48.8 Å². The lowest BCUT2D eigenvalue weighted by molar-refractivity contribution is 0.285. The molecule has 0 aliphatic rings. The number of hydrogen-bond donors (Lipinski definition) is 2. The summed E-state index contributed by atoms with van der Waals surface area (Å²) in [6.45, 7) is 1.25. The average Bonchev–Trinajstić information content (AvgIpc) is 2.68. The summed E-state index contributed by atoms with van der Waals surface area (Å²) in [5.41, 5.74) is 0.826. The van der Waals surface area contributed by atoms with E-state index in [9.17, 15) is 0 Å². The van der Waals surface area contributed by atoms with Gasteiger partial charge >= 0.3 is 0 Å². The van der Waals surface area contributed by atoms with Gasteiger partial charge in [0.1, 0.15) is 0 Å². The van der Waals surface area contributed by atoms with Crippen molar-refractivity contribution in [2.24, 2.45) is 4.99 Å². The third-order valence-electron chi connectivity index (χ3n) is 3.52. The highest BCUT2D eigenvalue weighted by atomic mass is 16.5. The molecule has 0 spiro atoms. The van der Waals surface area contributed by atoms with Crippen molar-refractivity contribution in [3.8, 4) is 17.7 Å². The fraction of sp³-hybridized carbons (Fsp3) is 0.316. The van der Waals surface area contributed by atoms with Crippen molar-refractivity contribution in [1.29, 1.82) is 5.26 Å². The van der Waals surface area contributed by atoms with Gasteiger partial charge in [0.05, 0.1) is 13.7 Å². The SMILES string of the molecule is COc1ccccc1OCCCCCN=C(NC#N)Nc1ccncc1. The molecule has 1 aromatic carbocycles. The van der Waals surface area contributed by atoms with Crippen LogP contribution < -0.4 is 20.1 Å². The van der Waals surface area contributed by atoms with Gasteiger partial charge in [0.2, 0.25) is 5.96 Å². The lowest BCUT2D eigenvalue weighted by atomic mass is 10.2. The molecule has 0 radical (unpaired) electrons. The maximum Gasteiger partial charge on any atom is 0.209 e. The monoisotopic (exact) mass is 353 g/mol. The minimum atomic E-state index is 0.434. The number of unbranched alkanes of at least 4 members (excludes halogenated alkanes) is 2. The molecule has 0 saturated carbocycles. The molecule has 0 fully saturated rings. The van der Waals surface area contributed by atoms with Crippen molar-refractivity contribution in [3.63, 3.8) is 0 Å². The summed E-state index contributed by atoms with van der Waals surface area (Å²) in [5.74, 6) is 1.94. The van der Waals surface area contributed by atoms with Crippen LogP contribution in [0.4, 0.5) is 5.69 Å². The molecule has 0 aliphatic carbocycles. The first-order valence-electron chi connectivity index (χ1n) is 8.46. The number of aliphatic imine (C=N–C) groups is 1. The van der Waals surface area contributed by atoms with Crippen LogP contribution >= 0.6 is 0 Å². The molecule has 7 nitrogen and oxygen atoms in total. The van der Waals surface area contributed by atoms with Crippen molar-refractivity contribution in [1.82, 2.24) is 10.3 Å². The van der Waals surface area contributed by atoms with Gasteiger partial charge in [-0.2, -0.15) is 5.26 Å². The minimum absolute atomic E-state index is 0.434. The number of guanidine groups is 1. The molecule has 0 saturated heterocycles. The Labute approximate surface area is 153 Å². The molecular weight excluding hydrogens is 330 g/mol. The second-order valence-electron chi connectivity index (χ2n) is 5.39. The highest BCUT2D eigenvalue weighted by molar-refractivity contribution is 5.94. The van der Waals surface area contributed by atoms with Crippen LogP contribution in [0.1, 0.15) is 19.3 Å². The number of aromatic nitrogens is 1. The molecule has 0 bridgehead atoms. The Kier molecular flexibility index (Phi) is 8.29. The van der Waals surface area contributed by atoms with E-state index in [-0.39, 0.29) is 0 Å². The molecule has 1 heterocycles. The van der Waals surface area contributed by atoms with Gasteiger partial charge in [-0.15, -0.1) is 0 Å². The minimum Gasteiger partial charge on any atom is -0.493 e. The second-order valence-corrected chi connectivity index (χ2v) is 5.39. The van der Waals surface area contributed by atoms with E-state index in [1.807, 2.05) is 42.6 Å². The van der Waals surface area contributed by atoms with E-state index in [0.29, 0.717) is 19.1 Å². The number of nitrogens with one attached hydrogen (secondary N) is 2. The molecule has 136 valence electrons. The Morgan fingerprint density at radius 3 is 2.62 bits per heavy atom. The van der Waals surface area contributed by atoms with Crippen LogP contribution in [0, 0.1) is 11.5 Å². The summed E-state index contributed by atoms with van der Waals surface area (Å²) in [6.07, 6.45) is 8.05. The summed E-state index contributed by atoms with van der Waals surface area (Å²) in [4.78, 5) is 8.33. The second kappa shape index (κ2) is 11.3. The number of nitrogens with zero attached hydrogens (tertiary/aromatic N) is 3. The Morgan fingerprint density at radius 1 is 1.12 bits per heavy atom. The van der Waals surface area contributed by atoms with Crippen LogP contribution in [-0.2, 0) is 0 Å². The predicted molar refractivity (Wildman–Crippen MR) is 101 cm³/mol. The van der Waals surface area contributed by atoms with Crippen molar-refractivity contribution in [2.75, 3.05) is 25.6 Å². The number of anilines is 1. The van der Waals surface area contributed by atoms with Crippen LogP contribution in [0.25, 0.3) is 0 Å². The zero-order valence-corrected chi connectivity index (χ0v) is 14.8. The van der Waals surface area contributed by atoms with E-state index in [1.165, 1.54) is 0 Å².